The van der Waals surface area contributed by atoms with Crippen LogP contribution in [0.2, 0.25) is 0 Å². The Morgan fingerprint density at radius 2 is 1.72 bits per heavy atom. The number of sulfonamides is 1. The van der Waals surface area contributed by atoms with Crippen molar-refractivity contribution in [2.24, 2.45) is 0 Å². The summed E-state index contributed by atoms with van der Waals surface area (Å²) in [5.74, 6) is 0.453. The van der Waals surface area contributed by atoms with Crippen LogP contribution in [0.3, 0.4) is 0 Å². The van der Waals surface area contributed by atoms with Crippen LogP contribution >= 0.6 is 0 Å². The quantitative estimate of drug-likeness (QED) is 0.876. The number of nitrogens with one attached hydrogen (secondary N) is 2. The molecule has 0 aliphatic carbocycles. The van der Waals surface area contributed by atoms with E-state index in [-0.39, 0.29) is 0 Å². The molecule has 1 aromatic heterocycles. The van der Waals surface area contributed by atoms with Gasteiger partial charge in [0.15, 0.2) is 0 Å². The molecule has 6 nitrogen and oxygen atoms in total. The Labute approximate surface area is 105 Å². The van der Waals surface area contributed by atoms with Crippen molar-refractivity contribution in [3.63, 3.8) is 0 Å². The lowest BCUT2D eigenvalue weighted by molar-refractivity contribution is 0.607. The third kappa shape index (κ3) is 3.70. The molecule has 2 N–H and O–H groups in total. The largest absolute Gasteiger partial charge is 0.324 e. The lowest BCUT2D eigenvalue weighted by Gasteiger charge is -2.07. The molecule has 0 spiro atoms. The number of aromatic nitrogens is 2. The molecule has 2 aromatic rings. The topological polar surface area (TPSA) is 84.0 Å². The highest BCUT2D eigenvalue weighted by molar-refractivity contribution is 7.92. The van der Waals surface area contributed by atoms with Crippen molar-refractivity contribution in [3.05, 3.63) is 42.7 Å². The van der Waals surface area contributed by atoms with Gasteiger partial charge in [-0.05, 0) is 24.3 Å². The number of benzene rings is 1. The van der Waals surface area contributed by atoms with Crippen LogP contribution in [0.25, 0.3) is 0 Å². The molecule has 7 heteroatoms. The molecule has 0 saturated carbocycles. The van der Waals surface area contributed by atoms with Gasteiger partial charge in [-0.15, -0.1) is 0 Å². The van der Waals surface area contributed by atoms with Gasteiger partial charge in [0.25, 0.3) is 0 Å². The Kier molecular flexibility index (Phi) is 3.42. The van der Waals surface area contributed by atoms with Crippen LogP contribution in [0.4, 0.5) is 17.3 Å². The number of rotatable bonds is 4. The molecular weight excluding hydrogens is 252 g/mol. The van der Waals surface area contributed by atoms with Crippen LogP contribution < -0.4 is 10.0 Å². The molecular formula is C11H12N4O2S. The van der Waals surface area contributed by atoms with Gasteiger partial charge in [-0.1, -0.05) is 6.07 Å². The van der Waals surface area contributed by atoms with Gasteiger partial charge in [-0.2, -0.15) is 0 Å². The molecule has 0 aliphatic heterocycles. The zero-order chi connectivity index (χ0) is 13.0. The van der Waals surface area contributed by atoms with E-state index < -0.39 is 10.0 Å². The van der Waals surface area contributed by atoms with E-state index in [2.05, 4.69) is 20.0 Å². The van der Waals surface area contributed by atoms with Crippen molar-refractivity contribution in [1.29, 1.82) is 0 Å². The Morgan fingerprint density at radius 1 is 1.06 bits per heavy atom. The standard InChI is InChI=1S/C11H12N4O2S/c1-18(16,17)15-10-5-2-4-9(8-10)14-11-12-6-3-7-13-11/h2-8,15H,1H3,(H,12,13,14). The van der Waals surface area contributed by atoms with E-state index >= 15 is 0 Å². The van der Waals surface area contributed by atoms with Gasteiger partial charge in [0.2, 0.25) is 16.0 Å². The first-order valence-electron chi connectivity index (χ1n) is 5.15. The average Bonchev–Trinajstić information content (AvgIpc) is 2.28. The Balaban J connectivity index is 2.18. The van der Waals surface area contributed by atoms with Gasteiger partial charge in [-0.3, -0.25) is 4.72 Å². The lowest BCUT2D eigenvalue weighted by atomic mass is 10.3. The number of nitrogens with zero attached hydrogens (tertiary/aromatic N) is 2. The second-order valence-electron chi connectivity index (χ2n) is 3.65. The van der Waals surface area contributed by atoms with Gasteiger partial charge in [0.1, 0.15) is 0 Å². The zero-order valence-corrected chi connectivity index (χ0v) is 10.5. The summed E-state index contributed by atoms with van der Waals surface area (Å²) in [6.07, 6.45) is 4.34. The molecule has 0 amide bonds. The number of hydrogen-bond acceptors (Lipinski definition) is 5. The summed E-state index contributed by atoms with van der Waals surface area (Å²) in [7, 11) is -3.28. The van der Waals surface area contributed by atoms with E-state index in [1.54, 1.807) is 42.7 Å². The molecule has 0 radical (unpaired) electrons. The first-order chi connectivity index (χ1) is 8.53. The molecule has 0 aliphatic rings. The maximum absolute atomic E-state index is 11.1. The lowest BCUT2D eigenvalue weighted by Crippen LogP contribution is -2.09. The Morgan fingerprint density at radius 3 is 2.39 bits per heavy atom. The average molecular weight is 264 g/mol. The van der Waals surface area contributed by atoms with E-state index in [4.69, 9.17) is 0 Å². The van der Waals surface area contributed by atoms with Gasteiger partial charge >= 0.3 is 0 Å². The number of hydrogen-bond donors (Lipinski definition) is 2. The highest BCUT2D eigenvalue weighted by Gasteiger charge is 2.03. The first-order valence-corrected chi connectivity index (χ1v) is 7.04. The van der Waals surface area contributed by atoms with Crippen LogP contribution in [-0.4, -0.2) is 24.6 Å². The number of anilines is 3. The molecule has 2 rings (SSSR count). The highest BCUT2D eigenvalue weighted by Crippen LogP contribution is 2.18. The fourth-order valence-electron chi connectivity index (χ4n) is 1.37. The summed E-state index contributed by atoms with van der Waals surface area (Å²) in [6.45, 7) is 0. The molecule has 18 heavy (non-hydrogen) atoms. The van der Waals surface area contributed by atoms with Crippen molar-refractivity contribution in [1.82, 2.24) is 9.97 Å². The van der Waals surface area contributed by atoms with E-state index in [0.717, 1.165) is 6.26 Å². The summed E-state index contributed by atoms with van der Waals surface area (Å²) in [4.78, 5) is 8.03. The fourth-order valence-corrected chi connectivity index (χ4v) is 1.92. The molecule has 0 unspecified atom stereocenters. The Hall–Kier alpha value is -2.15. The van der Waals surface area contributed by atoms with Gasteiger partial charge in [0.05, 0.1) is 11.9 Å². The first kappa shape index (κ1) is 12.3. The molecule has 1 aromatic carbocycles. The minimum absolute atomic E-state index is 0.453. The zero-order valence-electron chi connectivity index (χ0n) is 9.66. The molecule has 0 atom stereocenters. The third-order valence-corrected chi connectivity index (χ3v) is 2.59. The predicted octanol–water partition coefficient (Wildman–Crippen LogP) is 1.59. The van der Waals surface area contributed by atoms with Crippen LogP contribution in [0.1, 0.15) is 0 Å². The van der Waals surface area contributed by atoms with Crippen LogP contribution in [0.15, 0.2) is 42.7 Å². The van der Waals surface area contributed by atoms with E-state index in [1.165, 1.54) is 0 Å². The summed E-state index contributed by atoms with van der Waals surface area (Å²) in [6, 6.07) is 8.57. The van der Waals surface area contributed by atoms with Crippen molar-refractivity contribution >= 4 is 27.3 Å². The highest BCUT2D eigenvalue weighted by atomic mass is 32.2. The normalized spacial score (nSPS) is 10.9. The molecule has 0 saturated heterocycles. The van der Waals surface area contributed by atoms with Gasteiger partial charge < -0.3 is 5.32 Å². The third-order valence-electron chi connectivity index (χ3n) is 1.99. The van der Waals surface area contributed by atoms with Crippen molar-refractivity contribution < 1.29 is 8.42 Å². The molecule has 1 heterocycles. The second kappa shape index (κ2) is 5.01. The van der Waals surface area contributed by atoms with E-state index in [1.807, 2.05) is 0 Å². The smallest absolute Gasteiger partial charge is 0.229 e. The van der Waals surface area contributed by atoms with E-state index in [9.17, 15) is 8.42 Å². The van der Waals surface area contributed by atoms with Crippen LogP contribution in [-0.2, 0) is 10.0 Å². The monoisotopic (exact) mass is 264 g/mol. The predicted molar refractivity (Wildman–Crippen MR) is 70.2 cm³/mol. The second-order valence-corrected chi connectivity index (χ2v) is 5.40. The molecule has 0 fully saturated rings. The minimum Gasteiger partial charge on any atom is -0.324 e. The maximum Gasteiger partial charge on any atom is 0.229 e. The SMILES string of the molecule is CS(=O)(=O)Nc1cccc(Nc2ncccn2)c1. The Bertz CT molecular complexity index is 629. The van der Waals surface area contributed by atoms with Crippen molar-refractivity contribution in [2.45, 2.75) is 0 Å². The molecule has 0 bridgehead atoms. The van der Waals surface area contributed by atoms with Gasteiger partial charge in [-0.25, -0.2) is 18.4 Å². The summed E-state index contributed by atoms with van der Waals surface area (Å²) < 4.78 is 24.6. The molecule has 94 valence electrons. The van der Waals surface area contributed by atoms with Crippen LogP contribution in [0, 0.1) is 0 Å². The van der Waals surface area contributed by atoms with Crippen molar-refractivity contribution in [3.8, 4) is 0 Å². The summed E-state index contributed by atoms with van der Waals surface area (Å²) >= 11 is 0. The van der Waals surface area contributed by atoms with E-state index in [0.29, 0.717) is 17.3 Å². The van der Waals surface area contributed by atoms with Gasteiger partial charge in [0, 0.05) is 18.1 Å². The van der Waals surface area contributed by atoms with Crippen LogP contribution in [0.5, 0.6) is 0 Å². The fraction of sp³-hybridized carbons (Fsp3) is 0.0909. The summed E-state index contributed by atoms with van der Waals surface area (Å²) in [5, 5.41) is 2.97. The van der Waals surface area contributed by atoms with Crippen molar-refractivity contribution in [2.75, 3.05) is 16.3 Å². The maximum atomic E-state index is 11.1. The minimum atomic E-state index is -3.28. The summed E-state index contributed by atoms with van der Waals surface area (Å²) in [5.41, 5.74) is 1.19.